The second-order valence-electron chi connectivity index (χ2n) is 3.55. The number of aromatic nitrogens is 3. The van der Waals surface area contributed by atoms with Gasteiger partial charge in [-0.1, -0.05) is 13.8 Å². The molecule has 0 saturated carbocycles. The molecule has 1 atom stereocenters. The molecule has 1 unspecified atom stereocenters. The third-order valence-corrected chi connectivity index (χ3v) is 2.19. The van der Waals surface area contributed by atoms with Crippen LogP contribution in [0.1, 0.15) is 32.5 Å². The van der Waals surface area contributed by atoms with Gasteiger partial charge in [0.25, 0.3) is 0 Å². The highest BCUT2D eigenvalue weighted by Gasteiger charge is 2.06. The van der Waals surface area contributed by atoms with Crippen molar-refractivity contribution >= 4 is 6.29 Å². The highest BCUT2D eigenvalue weighted by molar-refractivity contribution is 5.52. The third-order valence-electron chi connectivity index (χ3n) is 2.19. The van der Waals surface area contributed by atoms with Crippen molar-refractivity contribution in [1.29, 1.82) is 0 Å². The number of aldehydes is 1. The standard InChI is InChI=1S/C10H17N3O/c1-3-6-13-10(11-8-12-13)5-4-9(2)7-14/h7-9H,3-6H2,1-2H3. The minimum absolute atomic E-state index is 0.113. The summed E-state index contributed by atoms with van der Waals surface area (Å²) in [5, 5.41) is 4.13. The summed E-state index contributed by atoms with van der Waals surface area (Å²) in [5.74, 6) is 1.10. The molecule has 14 heavy (non-hydrogen) atoms. The van der Waals surface area contributed by atoms with Gasteiger partial charge in [-0.05, 0) is 12.8 Å². The van der Waals surface area contributed by atoms with Crippen LogP contribution in [0.4, 0.5) is 0 Å². The fourth-order valence-electron chi connectivity index (χ4n) is 1.31. The maximum atomic E-state index is 10.4. The Bertz CT molecular complexity index is 283. The largest absolute Gasteiger partial charge is 0.303 e. The van der Waals surface area contributed by atoms with Crippen molar-refractivity contribution in [1.82, 2.24) is 14.8 Å². The van der Waals surface area contributed by atoms with E-state index >= 15 is 0 Å². The van der Waals surface area contributed by atoms with Gasteiger partial charge in [0.1, 0.15) is 18.4 Å². The number of aryl methyl sites for hydroxylation is 2. The van der Waals surface area contributed by atoms with Gasteiger partial charge in [0.15, 0.2) is 0 Å². The summed E-state index contributed by atoms with van der Waals surface area (Å²) in [7, 11) is 0. The quantitative estimate of drug-likeness (QED) is 0.645. The molecule has 0 saturated heterocycles. The molecular formula is C10H17N3O. The van der Waals surface area contributed by atoms with Gasteiger partial charge in [-0.25, -0.2) is 4.98 Å². The Morgan fingerprint density at radius 3 is 3.07 bits per heavy atom. The summed E-state index contributed by atoms with van der Waals surface area (Å²) in [5.41, 5.74) is 0. The van der Waals surface area contributed by atoms with Gasteiger partial charge in [-0.3, -0.25) is 4.68 Å². The van der Waals surface area contributed by atoms with Gasteiger partial charge >= 0.3 is 0 Å². The third kappa shape index (κ3) is 2.94. The lowest BCUT2D eigenvalue weighted by atomic mass is 10.1. The molecule has 0 N–H and O–H groups in total. The molecule has 0 bridgehead atoms. The van der Waals surface area contributed by atoms with E-state index in [0.717, 1.165) is 37.9 Å². The lowest BCUT2D eigenvalue weighted by Crippen LogP contribution is -2.07. The fraction of sp³-hybridized carbons (Fsp3) is 0.700. The summed E-state index contributed by atoms with van der Waals surface area (Å²) in [6.45, 7) is 4.94. The van der Waals surface area contributed by atoms with Gasteiger partial charge in [0.05, 0.1) is 0 Å². The molecule has 4 heteroatoms. The van der Waals surface area contributed by atoms with E-state index in [4.69, 9.17) is 0 Å². The monoisotopic (exact) mass is 195 g/mol. The lowest BCUT2D eigenvalue weighted by molar-refractivity contribution is -0.110. The van der Waals surface area contributed by atoms with Crippen LogP contribution in [0.3, 0.4) is 0 Å². The maximum Gasteiger partial charge on any atom is 0.138 e. The fourth-order valence-corrected chi connectivity index (χ4v) is 1.31. The SMILES string of the molecule is CCCn1ncnc1CCC(C)C=O. The second-order valence-corrected chi connectivity index (χ2v) is 3.55. The van der Waals surface area contributed by atoms with Gasteiger partial charge in [-0.2, -0.15) is 5.10 Å². The minimum atomic E-state index is 0.113. The Morgan fingerprint density at radius 2 is 2.43 bits per heavy atom. The first-order valence-electron chi connectivity index (χ1n) is 5.10. The van der Waals surface area contributed by atoms with Gasteiger partial charge in [0, 0.05) is 18.9 Å². The average molecular weight is 195 g/mol. The van der Waals surface area contributed by atoms with Crippen LogP contribution >= 0.6 is 0 Å². The van der Waals surface area contributed by atoms with Crippen LogP contribution in [-0.4, -0.2) is 21.1 Å². The van der Waals surface area contributed by atoms with E-state index in [1.807, 2.05) is 11.6 Å². The van der Waals surface area contributed by atoms with Crippen LogP contribution in [0.15, 0.2) is 6.33 Å². The van der Waals surface area contributed by atoms with E-state index in [0.29, 0.717) is 0 Å². The molecule has 1 heterocycles. The normalized spacial score (nSPS) is 12.7. The highest BCUT2D eigenvalue weighted by atomic mass is 16.1. The summed E-state index contributed by atoms with van der Waals surface area (Å²) >= 11 is 0. The molecule has 1 aromatic heterocycles. The molecular weight excluding hydrogens is 178 g/mol. The predicted molar refractivity (Wildman–Crippen MR) is 53.9 cm³/mol. The number of carbonyl (C=O) groups is 1. The van der Waals surface area contributed by atoms with Crippen LogP contribution in [0.5, 0.6) is 0 Å². The van der Waals surface area contributed by atoms with Crippen LogP contribution in [0, 0.1) is 5.92 Å². The molecule has 1 aromatic rings. The number of nitrogens with zero attached hydrogens (tertiary/aromatic N) is 3. The Labute approximate surface area is 84.3 Å². The van der Waals surface area contributed by atoms with Crippen LogP contribution in [0.2, 0.25) is 0 Å². The summed E-state index contributed by atoms with van der Waals surface area (Å²) in [6.07, 6.45) is 5.31. The van der Waals surface area contributed by atoms with Crippen molar-refractivity contribution in [3.8, 4) is 0 Å². The molecule has 0 aliphatic carbocycles. The molecule has 0 radical (unpaired) electrons. The first-order valence-corrected chi connectivity index (χ1v) is 5.10. The van der Waals surface area contributed by atoms with Crippen LogP contribution in [0.25, 0.3) is 0 Å². The van der Waals surface area contributed by atoms with Crippen LogP contribution < -0.4 is 0 Å². The summed E-state index contributed by atoms with van der Waals surface area (Å²) < 4.78 is 1.91. The van der Waals surface area contributed by atoms with Gasteiger partial charge in [-0.15, -0.1) is 0 Å². The van der Waals surface area contributed by atoms with Crippen LogP contribution in [-0.2, 0) is 17.8 Å². The maximum absolute atomic E-state index is 10.4. The molecule has 0 aromatic carbocycles. The second kappa shape index (κ2) is 5.52. The van der Waals surface area contributed by atoms with Crippen molar-refractivity contribution < 1.29 is 4.79 Å². The Hall–Kier alpha value is -1.19. The zero-order valence-corrected chi connectivity index (χ0v) is 8.81. The summed E-state index contributed by atoms with van der Waals surface area (Å²) in [4.78, 5) is 14.6. The molecule has 78 valence electrons. The van der Waals surface area contributed by atoms with E-state index in [2.05, 4.69) is 17.0 Å². The number of carbonyl (C=O) groups excluding carboxylic acids is 1. The topological polar surface area (TPSA) is 47.8 Å². The van der Waals surface area contributed by atoms with E-state index in [9.17, 15) is 4.79 Å². The zero-order chi connectivity index (χ0) is 10.4. The number of hydrogen-bond acceptors (Lipinski definition) is 3. The molecule has 0 aliphatic heterocycles. The highest BCUT2D eigenvalue weighted by Crippen LogP contribution is 2.05. The molecule has 0 fully saturated rings. The Morgan fingerprint density at radius 1 is 1.64 bits per heavy atom. The number of rotatable bonds is 6. The number of hydrogen-bond donors (Lipinski definition) is 0. The first kappa shape index (κ1) is 10.9. The lowest BCUT2D eigenvalue weighted by Gasteiger charge is -2.05. The Balaban J connectivity index is 2.48. The van der Waals surface area contributed by atoms with Gasteiger partial charge in [0.2, 0.25) is 0 Å². The minimum Gasteiger partial charge on any atom is -0.303 e. The zero-order valence-electron chi connectivity index (χ0n) is 8.81. The Kier molecular flexibility index (Phi) is 4.29. The summed E-state index contributed by atoms with van der Waals surface area (Å²) in [6, 6.07) is 0. The van der Waals surface area contributed by atoms with Crippen molar-refractivity contribution in [2.24, 2.45) is 5.92 Å². The first-order chi connectivity index (χ1) is 6.77. The van der Waals surface area contributed by atoms with Crippen molar-refractivity contribution in [3.05, 3.63) is 12.2 Å². The van der Waals surface area contributed by atoms with E-state index in [1.165, 1.54) is 0 Å². The molecule has 4 nitrogen and oxygen atoms in total. The molecule has 1 rings (SSSR count). The predicted octanol–water partition coefficient (Wildman–Crippen LogP) is 1.46. The average Bonchev–Trinajstić information content (AvgIpc) is 2.62. The molecule has 0 aliphatic rings. The van der Waals surface area contributed by atoms with E-state index in [-0.39, 0.29) is 5.92 Å². The van der Waals surface area contributed by atoms with Crippen molar-refractivity contribution in [2.75, 3.05) is 0 Å². The van der Waals surface area contributed by atoms with Crippen molar-refractivity contribution in [3.63, 3.8) is 0 Å². The van der Waals surface area contributed by atoms with Crippen molar-refractivity contribution in [2.45, 2.75) is 39.7 Å². The smallest absolute Gasteiger partial charge is 0.138 e. The van der Waals surface area contributed by atoms with E-state index < -0.39 is 0 Å². The van der Waals surface area contributed by atoms with E-state index in [1.54, 1.807) is 6.33 Å². The molecule has 0 amide bonds. The van der Waals surface area contributed by atoms with Gasteiger partial charge < -0.3 is 4.79 Å². The molecule has 0 spiro atoms.